The molecule has 1 aliphatic heterocycles. The number of halogens is 3. The van der Waals surface area contributed by atoms with Gasteiger partial charge in [0.2, 0.25) is 0 Å². The molecule has 6 nitrogen and oxygen atoms in total. The zero-order valence-electron chi connectivity index (χ0n) is 18.5. The highest BCUT2D eigenvalue weighted by Crippen LogP contribution is 2.33. The molecular formula is C24H22Cl3N3O3S. The molecule has 0 spiro atoms. The summed E-state index contributed by atoms with van der Waals surface area (Å²) in [6, 6.07) is 14.5. The Hall–Kier alpha value is -2.16. The number of carbonyl (C=O) groups excluding carboxylic acids is 1. The maximum absolute atomic E-state index is 13.6. The summed E-state index contributed by atoms with van der Waals surface area (Å²) in [5.74, 6) is 0.0166. The lowest BCUT2D eigenvalue weighted by Crippen LogP contribution is -2.48. The molecule has 3 aromatic rings. The van der Waals surface area contributed by atoms with Crippen molar-refractivity contribution in [3.63, 3.8) is 0 Å². The quantitative estimate of drug-likeness (QED) is 0.406. The van der Waals surface area contributed by atoms with Gasteiger partial charge in [-0.1, -0.05) is 53.0 Å². The van der Waals surface area contributed by atoms with Crippen LogP contribution in [0.4, 0.5) is 5.82 Å². The van der Waals surface area contributed by atoms with Gasteiger partial charge in [0.1, 0.15) is 5.82 Å². The smallest absolute Gasteiger partial charge is 0.265 e. The third kappa shape index (κ3) is 4.95. The molecular weight excluding hydrogens is 517 g/mol. The fourth-order valence-electron chi connectivity index (χ4n) is 3.92. The molecule has 178 valence electrons. The molecule has 0 unspecified atom stereocenters. The molecule has 2 heterocycles. The predicted molar refractivity (Wildman–Crippen MR) is 136 cm³/mol. The van der Waals surface area contributed by atoms with Gasteiger partial charge < -0.3 is 4.90 Å². The monoisotopic (exact) mass is 537 g/mol. The van der Waals surface area contributed by atoms with Gasteiger partial charge in [0.25, 0.3) is 10.0 Å². The molecule has 4 rings (SSSR count). The Morgan fingerprint density at radius 1 is 1.06 bits per heavy atom. The Bertz CT molecular complexity index is 1340. The Balaban J connectivity index is 1.75. The van der Waals surface area contributed by atoms with E-state index in [0.717, 1.165) is 5.56 Å². The molecule has 34 heavy (non-hydrogen) atoms. The number of hydrogen-bond acceptors (Lipinski definition) is 5. The molecule has 0 bridgehead atoms. The van der Waals surface area contributed by atoms with Crippen LogP contribution in [0.2, 0.25) is 15.1 Å². The SMILES string of the molecule is CN(C)[C@@H]1Cc2ccc(CC(=O)c3c(Cl)cccc3Cl)nc2N(S(=O)(=O)c2cccc(Cl)c2)C1. The number of likely N-dealkylation sites (N-methyl/N-ethyl adjacent to an activating group) is 1. The summed E-state index contributed by atoms with van der Waals surface area (Å²) in [5, 5.41) is 0.843. The van der Waals surface area contributed by atoms with Crippen molar-refractivity contribution in [1.82, 2.24) is 9.88 Å². The maximum Gasteiger partial charge on any atom is 0.265 e. The van der Waals surface area contributed by atoms with E-state index in [1.165, 1.54) is 16.4 Å². The number of anilines is 1. The summed E-state index contributed by atoms with van der Waals surface area (Å²) >= 11 is 18.4. The van der Waals surface area contributed by atoms with Crippen LogP contribution in [0, 0.1) is 0 Å². The minimum atomic E-state index is -3.94. The Kier molecular flexibility index (Phi) is 7.22. The second-order valence-electron chi connectivity index (χ2n) is 8.30. The van der Waals surface area contributed by atoms with E-state index in [1.54, 1.807) is 36.4 Å². The molecule has 10 heteroatoms. The highest BCUT2D eigenvalue weighted by atomic mass is 35.5. The number of pyridine rings is 1. The van der Waals surface area contributed by atoms with Gasteiger partial charge in [0.05, 0.1) is 39.2 Å². The topological polar surface area (TPSA) is 70.6 Å². The van der Waals surface area contributed by atoms with Crippen molar-refractivity contribution in [3.8, 4) is 0 Å². The van der Waals surface area contributed by atoms with Gasteiger partial charge in [-0.25, -0.2) is 17.7 Å². The lowest BCUT2D eigenvalue weighted by atomic mass is 10.0. The fourth-order valence-corrected chi connectivity index (χ4v) is 6.31. The summed E-state index contributed by atoms with van der Waals surface area (Å²) in [6.45, 7) is 0.218. The number of nitrogens with zero attached hydrogens (tertiary/aromatic N) is 3. The van der Waals surface area contributed by atoms with Crippen LogP contribution < -0.4 is 4.31 Å². The standard InChI is InChI=1S/C24H22Cl3N3O3S/c1-29(2)18-11-15-9-10-17(13-22(31)23-20(26)7-4-8-21(23)27)28-24(15)30(14-18)34(32,33)19-6-3-5-16(25)12-19/h3-10,12,18H,11,13-14H2,1-2H3/t18-/m1/s1. The summed E-state index contributed by atoms with van der Waals surface area (Å²) in [4.78, 5) is 19.6. The molecule has 0 amide bonds. The van der Waals surface area contributed by atoms with Gasteiger partial charge in [-0.05, 0) is 62.5 Å². The van der Waals surface area contributed by atoms with Crippen molar-refractivity contribution in [3.05, 3.63) is 86.5 Å². The molecule has 2 aromatic carbocycles. The lowest BCUT2D eigenvalue weighted by Gasteiger charge is -2.37. The average Bonchev–Trinajstić information content (AvgIpc) is 2.78. The van der Waals surface area contributed by atoms with Crippen molar-refractivity contribution >= 4 is 56.4 Å². The number of fused-ring (bicyclic) bond motifs is 1. The molecule has 0 N–H and O–H groups in total. The van der Waals surface area contributed by atoms with E-state index < -0.39 is 10.0 Å². The van der Waals surface area contributed by atoms with Gasteiger partial charge in [-0.2, -0.15) is 0 Å². The highest BCUT2D eigenvalue weighted by molar-refractivity contribution is 7.92. The lowest BCUT2D eigenvalue weighted by molar-refractivity contribution is 0.0992. The van der Waals surface area contributed by atoms with Crippen LogP contribution in [0.5, 0.6) is 0 Å². The third-order valence-corrected chi connectivity index (χ3v) is 8.40. The first-order valence-electron chi connectivity index (χ1n) is 10.5. The molecule has 0 radical (unpaired) electrons. The number of rotatable bonds is 6. The van der Waals surface area contributed by atoms with E-state index in [4.69, 9.17) is 34.8 Å². The van der Waals surface area contributed by atoms with E-state index in [9.17, 15) is 13.2 Å². The van der Waals surface area contributed by atoms with Gasteiger partial charge in [0, 0.05) is 11.1 Å². The number of sulfonamides is 1. The van der Waals surface area contributed by atoms with Gasteiger partial charge in [-0.15, -0.1) is 0 Å². The van der Waals surface area contributed by atoms with Crippen LogP contribution in [-0.4, -0.2) is 50.8 Å². The predicted octanol–water partition coefficient (Wildman–Crippen LogP) is 5.15. The third-order valence-electron chi connectivity index (χ3n) is 5.78. The number of carbonyl (C=O) groups is 1. The molecule has 0 fully saturated rings. The largest absolute Gasteiger partial charge is 0.304 e. The fraction of sp³-hybridized carbons (Fsp3) is 0.250. The second kappa shape index (κ2) is 9.84. The van der Waals surface area contributed by atoms with Gasteiger partial charge >= 0.3 is 0 Å². The Morgan fingerprint density at radius 2 is 1.74 bits per heavy atom. The number of hydrogen-bond donors (Lipinski definition) is 0. The summed E-state index contributed by atoms with van der Waals surface area (Å²) in [7, 11) is -0.122. The molecule has 0 saturated carbocycles. The minimum absolute atomic E-state index is 0.0438. The van der Waals surface area contributed by atoms with Crippen molar-refractivity contribution in [2.75, 3.05) is 24.9 Å². The van der Waals surface area contributed by atoms with Crippen LogP contribution >= 0.6 is 34.8 Å². The second-order valence-corrected chi connectivity index (χ2v) is 11.4. The number of ketones is 1. The number of benzene rings is 2. The Labute approximate surface area is 214 Å². The normalized spacial score (nSPS) is 15.9. The molecule has 1 atom stereocenters. The average molecular weight is 539 g/mol. The van der Waals surface area contributed by atoms with Crippen molar-refractivity contribution < 1.29 is 13.2 Å². The van der Waals surface area contributed by atoms with E-state index in [1.807, 2.05) is 25.1 Å². The first kappa shape index (κ1) is 24.9. The van der Waals surface area contributed by atoms with Crippen LogP contribution in [0.1, 0.15) is 21.6 Å². The van der Waals surface area contributed by atoms with E-state index >= 15 is 0 Å². The highest BCUT2D eigenvalue weighted by Gasteiger charge is 2.35. The maximum atomic E-state index is 13.6. The first-order chi connectivity index (χ1) is 16.1. The first-order valence-corrected chi connectivity index (χ1v) is 13.1. The van der Waals surface area contributed by atoms with Crippen molar-refractivity contribution in [2.45, 2.75) is 23.8 Å². The van der Waals surface area contributed by atoms with Gasteiger partial charge in [-0.3, -0.25) is 4.79 Å². The molecule has 1 aliphatic rings. The van der Waals surface area contributed by atoms with E-state index in [2.05, 4.69) is 4.98 Å². The summed E-state index contributed by atoms with van der Waals surface area (Å²) < 4.78 is 28.5. The van der Waals surface area contributed by atoms with Crippen LogP contribution in [0.25, 0.3) is 0 Å². The van der Waals surface area contributed by atoms with E-state index in [0.29, 0.717) is 23.0 Å². The summed E-state index contributed by atoms with van der Waals surface area (Å²) in [6.07, 6.45) is 0.556. The molecule has 0 saturated heterocycles. The number of aromatic nitrogens is 1. The Morgan fingerprint density at radius 3 is 2.38 bits per heavy atom. The van der Waals surface area contributed by atoms with Crippen LogP contribution in [-0.2, 0) is 22.9 Å². The molecule has 1 aromatic heterocycles. The van der Waals surface area contributed by atoms with Crippen molar-refractivity contribution in [1.29, 1.82) is 0 Å². The van der Waals surface area contributed by atoms with E-state index in [-0.39, 0.29) is 45.3 Å². The zero-order chi connectivity index (χ0) is 24.6. The summed E-state index contributed by atoms with van der Waals surface area (Å²) in [5.41, 5.74) is 1.43. The van der Waals surface area contributed by atoms with Crippen molar-refractivity contribution in [2.24, 2.45) is 0 Å². The minimum Gasteiger partial charge on any atom is -0.304 e. The molecule has 0 aliphatic carbocycles. The van der Waals surface area contributed by atoms with Crippen LogP contribution in [0.3, 0.4) is 0 Å². The zero-order valence-corrected chi connectivity index (χ0v) is 21.6. The number of Topliss-reactive ketones (excluding diaryl/α,β-unsaturated/α-hetero) is 1. The van der Waals surface area contributed by atoms with Crippen LogP contribution in [0.15, 0.2) is 59.5 Å². The van der Waals surface area contributed by atoms with Gasteiger partial charge in [0.15, 0.2) is 5.78 Å².